The topological polar surface area (TPSA) is 61.8 Å². The van der Waals surface area contributed by atoms with Crippen LogP contribution in [0.4, 0.5) is 0 Å². The summed E-state index contributed by atoms with van der Waals surface area (Å²) in [5.41, 5.74) is 0.203. The van der Waals surface area contributed by atoms with Crippen molar-refractivity contribution in [2.45, 2.75) is 51.8 Å². The molecule has 6 heteroatoms. The van der Waals surface area contributed by atoms with Gasteiger partial charge in [0.1, 0.15) is 10.8 Å². The molecule has 1 fully saturated rings. The van der Waals surface area contributed by atoms with Crippen LogP contribution >= 0.6 is 7.60 Å². The molecular formula is C18H27O5P. The molecule has 0 aromatic heterocycles. The summed E-state index contributed by atoms with van der Waals surface area (Å²) in [4.78, 5) is 12.6. The second-order valence-corrected chi connectivity index (χ2v) is 9.22. The Hall–Kier alpha value is -1.16. The Morgan fingerprint density at radius 2 is 1.71 bits per heavy atom. The van der Waals surface area contributed by atoms with E-state index in [4.69, 9.17) is 13.8 Å². The minimum absolute atomic E-state index is 0.257. The zero-order valence-electron chi connectivity index (χ0n) is 15.1. The second kappa shape index (κ2) is 6.99. The molecule has 0 radical (unpaired) electrons. The summed E-state index contributed by atoms with van der Waals surface area (Å²) in [5.74, 6) is -0.881. The molecule has 1 aliphatic rings. The number of carbonyl (C=O) groups excluding carboxylic acids is 1. The van der Waals surface area contributed by atoms with Gasteiger partial charge >= 0.3 is 13.6 Å². The molecule has 1 aliphatic carbocycles. The van der Waals surface area contributed by atoms with E-state index in [-0.39, 0.29) is 19.2 Å². The van der Waals surface area contributed by atoms with E-state index in [1.807, 2.05) is 51.1 Å². The van der Waals surface area contributed by atoms with Crippen LogP contribution in [0.1, 0.15) is 46.6 Å². The van der Waals surface area contributed by atoms with Crippen molar-refractivity contribution < 1.29 is 23.1 Å². The molecule has 0 aliphatic heterocycles. The van der Waals surface area contributed by atoms with Crippen molar-refractivity contribution >= 4 is 13.6 Å². The standard InChI is InChI=1S/C18H27O5P/c1-6-21-24(20,22-7-2)18(14-11-9-8-10-12-14)13-15(18)16(19)23-17(3,4)5/h8-12,15H,6-7,13H2,1-5H3/t15-,18+/m1/s1. The molecule has 0 bridgehead atoms. The Morgan fingerprint density at radius 1 is 1.17 bits per heavy atom. The van der Waals surface area contributed by atoms with Gasteiger partial charge in [0.2, 0.25) is 0 Å². The fourth-order valence-electron chi connectivity index (χ4n) is 3.02. The molecule has 0 heterocycles. The maximum atomic E-state index is 13.5. The van der Waals surface area contributed by atoms with E-state index in [1.165, 1.54) is 0 Å². The minimum Gasteiger partial charge on any atom is -0.460 e. The quantitative estimate of drug-likeness (QED) is 0.532. The van der Waals surface area contributed by atoms with Crippen LogP contribution in [0.5, 0.6) is 0 Å². The summed E-state index contributed by atoms with van der Waals surface area (Å²) in [6, 6.07) is 9.35. The van der Waals surface area contributed by atoms with Crippen molar-refractivity contribution in [1.29, 1.82) is 0 Å². The highest BCUT2D eigenvalue weighted by molar-refractivity contribution is 7.55. The van der Waals surface area contributed by atoms with E-state index >= 15 is 0 Å². The first-order chi connectivity index (χ1) is 11.2. The Bertz CT molecular complexity index is 612. The highest BCUT2D eigenvalue weighted by Gasteiger charge is 2.72. The summed E-state index contributed by atoms with van der Waals surface area (Å²) in [7, 11) is -3.51. The van der Waals surface area contributed by atoms with E-state index in [9.17, 15) is 9.36 Å². The number of ether oxygens (including phenoxy) is 1. The summed E-state index contributed by atoms with van der Waals surface area (Å²) in [5, 5.41) is -0.956. The average molecular weight is 354 g/mol. The van der Waals surface area contributed by atoms with Crippen LogP contribution in [-0.4, -0.2) is 24.8 Å². The number of hydrogen-bond acceptors (Lipinski definition) is 5. The third kappa shape index (κ3) is 3.58. The van der Waals surface area contributed by atoms with E-state index in [1.54, 1.807) is 13.8 Å². The summed E-state index contributed by atoms with van der Waals surface area (Å²) in [6.45, 7) is 9.52. The van der Waals surface area contributed by atoms with Crippen LogP contribution in [0.15, 0.2) is 30.3 Å². The lowest BCUT2D eigenvalue weighted by atomic mass is 10.1. The Labute approximate surface area is 144 Å². The van der Waals surface area contributed by atoms with Gasteiger partial charge in [0.15, 0.2) is 0 Å². The maximum Gasteiger partial charge on any atom is 0.341 e. The van der Waals surface area contributed by atoms with Crippen molar-refractivity contribution in [3.05, 3.63) is 35.9 Å². The number of carbonyl (C=O) groups is 1. The highest BCUT2D eigenvalue weighted by atomic mass is 31.2. The molecule has 1 saturated carbocycles. The molecule has 24 heavy (non-hydrogen) atoms. The lowest BCUT2D eigenvalue weighted by Gasteiger charge is -2.28. The normalized spacial score (nSPS) is 23.8. The van der Waals surface area contributed by atoms with Gasteiger partial charge in [-0.25, -0.2) is 0 Å². The van der Waals surface area contributed by atoms with Crippen molar-refractivity contribution in [2.24, 2.45) is 5.92 Å². The molecule has 2 rings (SSSR count). The molecular weight excluding hydrogens is 327 g/mol. The first kappa shape index (κ1) is 19.2. The summed E-state index contributed by atoms with van der Waals surface area (Å²) in [6.07, 6.45) is 0.406. The van der Waals surface area contributed by atoms with Crippen molar-refractivity contribution in [3.63, 3.8) is 0 Å². The Kier molecular flexibility index (Phi) is 5.58. The molecule has 2 atom stereocenters. The van der Waals surface area contributed by atoms with E-state index in [2.05, 4.69) is 0 Å². The second-order valence-electron chi connectivity index (χ2n) is 6.91. The first-order valence-corrected chi connectivity index (χ1v) is 9.92. The molecule has 5 nitrogen and oxygen atoms in total. The predicted octanol–water partition coefficient (Wildman–Crippen LogP) is 4.51. The van der Waals surface area contributed by atoms with Gasteiger partial charge in [-0.05, 0) is 46.6 Å². The molecule has 1 aromatic carbocycles. The zero-order chi connectivity index (χ0) is 18.0. The van der Waals surface area contributed by atoms with E-state index in [0.29, 0.717) is 6.42 Å². The monoisotopic (exact) mass is 354 g/mol. The molecule has 0 spiro atoms. The van der Waals surface area contributed by atoms with Crippen LogP contribution in [-0.2, 0) is 28.3 Å². The maximum absolute atomic E-state index is 13.5. The lowest BCUT2D eigenvalue weighted by molar-refractivity contribution is -0.156. The lowest BCUT2D eigenvalue weighted by Crippen LogP contribution is -2.28. The smallest absolute Gasteiger partial charge is 0.341 e. The van der Waals surface area contributed by atoms with Gasteiger partial charge in [-0.2, -0.15) is 0 Å². The molecule has 0 N–H and O–H groups in total. The molecule has 134 valence electrons. The number of esters is 1. The third-order valence-electron chi connectivity index (χ3n) is 3.98. The van der Waals surface area contributed by atoms with Crippen molar-refractivity contribution in [1.82, 2.24) is 0 Å². The molecule has 1 aromatic rings. The number of benzene rings is 1. The van der Waals surface area contributed by atoms with E-state index in [0.717, 1.165) is 5.56 Å². The molecule has 0 saturated heterocycles. The van der Waals surface area contributed by atoms with Crippen molar-refractivity contribution in [2.75, 3.05) is 13.2 Å². The number of rotatable bonds is 7. The SMILES string of the molecule is CCOP(=O)(OCC)[C@]1(c2ccccc2)C[C@@H]1C(=O)OC(C)(C)C. The van der Waals surface area contributed by atoms with Gasteiger partial charge in [0.25, 0.3) is 0 Å². The van der Waals surface area contributed by atoms with Gasteiger partial charge in [0, 0.05) is 0 Å². The van der Waals surface area contributed by atoms with Gasteiger partial charge in [-0.1, -0.05) is 30.3 Å². The third-order valence-corrected chi connectivity index (χ3v) is 6.91. The van der Waals surface area contributed by atoms with Gasteiger partial charge in [0.05, 0.1) is 19.1 Å². The summed E-state index contributed by atoms with van der Waals surface area (Å²) >= 11 is 0. The van der Waals surface area contributed by atoms with Crippen LogP contribution in [0.2, 0.25) is 0 Å². The van der Waals surface area contributed by atoms with E-state index < -0.39 is 24.3 Å². The average Bonchev–Trinajstić information content (AvgIpc) is 3.24. The largest absolute Gasteiger partial charge is 0.460 e. The molecule has 0 unspecified atom stereocenters. The van der Waals surface area contributed by atoms with Gasteiger partial charge in [-0.15, -0.1) is 0 Å². The van der Waals surface area contributed by atoms with Crippen LogP contribution in [0.3, 0.4) is 0 Å². The fraction of sp³-hybridized carbons (Fsp3) is 0.611. The van der Waals surface area contributed by atoms with Gasteiger partial charge in [-0.3, -0.25) is 9.36 Å². The van der Waals surface area contributed by atoms with Gasteiger partial charge < -0.3 is 13.8 Å². The number of hydrogen-bond donors (Lipinski definition) is 0. The summed E-state index contributed by atoms with van der Waals surface area (Å²) < 4.78 is 30.2. The zero-order valence-corrected chi connectivity index (χ0v) is 16.0. The van der Waals surface area contributed by atoms with Crippen molar-refractivity contribution in [3.8, 4) is 0 Å². The Balaban J connectivity index is 2.43. The molecule has 0 amide bonds. The first-order valence-electron chi connectivity index (χ1n) is 8.38. The highest BCUT2D eigenvalue weighted by Crippen LogP contribution is 2.79. The predicted molar refractivity (Wildman–Crippen MR) is 92.9 cm³/mol. The van der Waals surface area contributed by atoms with Crippen LogP contribution < -0.4 is 0 Å². The minimum atomic E-state index is -3.51. The Morgan fingerprint density at radius 3 is 2.17 bits per heavy atom. The fourth-order valence-corrected chi connectivity index (χ4v) is 5.59. The van der Waals surface area contributed by atoms with Crippen LogP contribution in [0.25, 0.3) is 0 Å². The van der Waals surface area contributed by atoms with Crippen LogP contribution in [0, 0.1) is 5.92 Å².